The smallest absolute Gasteiger partial charge is 0.263 e. The Morgan fingerprint density at radius 2 is 1.85 bits per heavy atom. The monoisotopic (exact) mass is 376 g/mol. The van der Waals surface area contributed by atoms with Crippen molar-refractivity contribution in [3.63, 3.8) is 0 Å². The van der Waals surface area contributed by atoms with E-state index < -0.39 is 0 Å². The molecular weight excluding hydrogens is 356 g/mol. The Bertz CT molecular complexity index is 967. The number of phenolic OH excluding ortho intramolecular Hbond substituents is 1. The summed E-state index contributed by atoms with van der Waals surface area (Å²) < 4.78 is 0. The average Bonchev–Trinajstić information content (AvgIpc) is 3.06. The quantitative estimate of drug-likeness (QED) is 0.524. The van der Waals surface area contributed by atoms with E-state index in [0.29, 0.717) is 22.1 Å². The van der Waals surface area contributed by atoms with E-state index in [9.17, 15) is 9.90 Å². The van der Waals surface area contributed by atoms with Gasteiger partial charge in [-0.15, -0.1) is 11.3 Å². The first-order valence-corrected chi connectivity index (χ1v) is 9.54. The van der Waals surface area contributed by atoms with Crippen molar-refractivity contribution < 1.29 is 9.90 Å². The number of aromatic hydroxyl groups is 1. The van der Waals surface area contributed by atoms with Gasteiger partial charge in [0.15, 0.2) is 5.01 Å². The van der Waals surface area contributed by atoms with E-state index in [2.05, 4.69) is 34.3 Å². The summed E-state index contributed by atoms with van der Waals surface area (Å²) in [5, 5.41) is 12.9. The van der Waals surface area contributed by atoms with Crippen molar-refractivity contribution in [1.29, 1.82) is 0 Å². The molecule has 2 aromatic carbocycles. The molecule has 2 N–H and O–H groups in total. The molecule has 0 saturated heterocycles. The molecule has 0 saturated carbocycles. The van der Waals surface area contributed by atoms with E-state index in [1.165, 1.54) is 16.9 Å². The topological polar surface area (TPSA) is 62.2 Å². The van der Waals surface area contributed by atoms with E-state index in [1.807, 2.05) is 25.1 Å². The van der Waals surface area contributed by atoms with Crippen LogP contribution in [0.15, 0.2) is 54.6 Å². The standard InChI is InChI=1S/C22H20N2O2S/c1-16-21(22(26)23-15-5-8-17-6-3-2-4-7-17)27-20(24-16)14-11-18-9-12-19(25)13-10-18/h2-4,6-7,9-10,12-13,25H,5,8,15H2,1H3,(H,23,26). The Morgan fingerprint density at radius 3 is 2.59 bits per heavy atom. The fourth-order valence-corrected chi connectivity index (χ4v) is 3.39. The summed E-state index contributed by atoms with van der Waals surface area (Å²) >= 11 is 1.30. The molecule has 1 aromatic heterocycles. The Morgan fingerprint density at radius 1 is 1.11 bits per heavy atom. The SMILES string of the molecule is Cc1nc(C#Cc2ccc(O)cc2)sc1C(=O)NCCCc1ccccc1. The van der Waals surface area contributed by atoms with Gasteiger partial charge in [0.2, 0.25) is 0 Å². The Balaban J connectivity index is 1.55. The van der Waals surface area contributed by atoms with Gasteiger partial charge in [-0.05, 0) is 55.5 Å². The molecular formula is C22H20N2O2S. The second kappa shape index (κ2) is 9.02. The van der Waals surface area contributed by atoms with Gasteiger partial charge in [-0.3, -0.25) is 4.79 Å². The first-order chi connectivity index (χ1) is 13.1. The van der Waals surface area contributed by atoms with Crippen molar-refractivity contribution in [2.24, 2.45) is 0 Å². The molecule has 0 unspecified atom stereocenters. The number of phenols is 1. The maximum Gasteiger partial charge on any atom is 0.263 e. The van der Waals surface area contributed by atoms with Crippen LogP contribution in [-0.2, 0) is 6.42 Å². The van der Waals surface area contributed by atoms with E-state index in [0.717, 1.165) is 18.4 Å². The van der Waals surface area contributed by atoms with Crippen LogP contribution in [0.1, 0.15) is 37.9 Å². The highest BCUT2D eigenvalue weighted by atomic mass is 32.1. The first-order valence-electron chi connectivity index (χ1n) is 8.72. The number of nitrogens with zero attached hydrogens (tertiary/aromatic N) is 1. The lowest BCUT2D eigenvalue weighted by Gasteiger charge is -2.04. The fourth-order valence-electron chi connectivity index (χ4n) is 2.55. The highest BCUT2D eigenvalue weighted by molar-refractivity contribution is 7.14. The van der Waals surface area contributed by atoms with Gasteiger partial charge < -0.3 is 10.4 Å². The van der Waals surface area contributed by atoms with E-state index in [4.69, 9.17) is 0 Å². The average molecular weight is 376 g/mol. The summed E-state index contributed by atoms with van der Waals surface area (Å²) in [6.07, 6.45) is 1.83. The molecule has 3 rings (SSSR count). The van der Waals surface area contributed by atoms with Gasteiger partial charge in [-0.2, -0.15) is 0 Å². The minimum atomic E-state index is -0.101. The third kappa shape index (κ3) is 5.44. The van der Waals surface area contributed by atoms with Crippen molar-refractivity contribution in [3.8, 4) is 17.6 Å². The molecule has 136 valence electrons. The molecule has 4 nitrogen and oxygen atoms in total. The van der Waals surface area contributed by atoms with Crippen LogP contribution in [0.25, 0.3) is 0 Å². The first kappa shape index (κ1) is 18.7. The van der Waals surface area contributed by atoms with Crippen LogP contribution in [0.4, 0.5) is 0 Å². The summed E-state index contributed by atoms with van der Waals surface area (Å²) in [5.41, 5.74) is 2.75. The summed E-state index contributed by atoms with van der Waals surface area (Å²) in [6, 6.07) is 16.9. The van der Waals surface area contributed by atoms with Crippen molar-refractivity contribution in [3.05, 3.63) is 81.3 Å². The van der Waals surface area contributed by atoms with Crippen molar-refractivity contribution in [1.82, 2.24) is 10.3 Å². The predicted molar refractivity (Wildman–Crippen MR) is 108 cm³/mol. The highest BCUT2D eigenvalue weighted by Gasteiger charge is 2.14. The molecule has 1 heterocycles. The Hall–Kier alpha value is -3.10. The number of nitrogens with one attached hydrogen (secondary N) is 1. The highest BCUT2D eigenvalue weighted by Crippen LogP contribution is 2.17. The van der Waals surface area contributed by atoms with E-state index in [1.54, 1.807) is 24.3 Å². The molecule has 0 aliphatic rings. The van der Waals surface area contributed by atoms with Crippen LogP contribution in [0.5, 0.6) is 5.75 Å². The van der Waals surface area contributed by atoms with Crippen LogP contribution in [0.3, 0.4) is 0 Å². The number of aryl methyl sites for hydroxylation is 2. The van der Waals surface area contributed by atoms with Gasteiger partial charge in [0.05, 0.1) is 5.69 Å². The minimum absolute atomic E-state index is 0.101. The van der Waals surface area contributed by atoms with Crippen LogP contribution in [0.2, 0.25) is 0 Å². The van der Waals surface area contributed by atoms with Crippen LogP contribution >= 0.6 is 11.3 Å². The van der Waals surface area contributed by atoms with Crippen molar-refractivity contribution in [2.45, 2.75) is 19.8 Å². The van der Waals surface area contributed by atoms with Gasteiger partial charge in [-0.25, -0.2) is 4.98 Å². The molecule has 3 aromatic rings. The number of carbonyl (C=O) groups excluding carboxylic acids is 1. The molecule has 0 bridgehead atoms. The molecule has 5 heteroatoms. The summed E-state index contributed by atoms with van der Waals surface area (Å²) in [5.74, 6) is 6.08. The fraction of sp³-hybridized carbons (Fsp3) is 0.182. The molecule has 0 aliphatic heterocycles. The molecule has 0 spiro atoms. The van der Waals surface area contributed by atoms with Gasteiger partial charge in [-0.1, -0.05) is 36.3 Å². The summed E-state index contributed by atoms with van der Waals surface area (Å²) in [4.78, 5) is 17.4. The summed E-state index contributed by atoms with van der Waals surface area (Å²) in [7, 11) is 0. The number of hydrogen-bond donors (Lipinski definition) is 2. The van der Waals surface area contributed by atoms with Crippen LogP contribution < -0.4 is 5.32 Å². The van der Waals surface area contributed by atoms with Gasteiger partial charge in [0, 0.05) is 12.1 Å². The zero-order valence-electron chi connectivity index (χ0n) is 15.0. The maximum atomic E-state index is 12.4. The van der Waals surface area contributed by atoms with Gasteiger partial charge in [0.1, 0.15) is 10.6 Å². The lowest BCUT2D eigenvalue weighted by atomic mass is 10.1. The van der Waals surface area contributed by atoms with Crippen molar-refractivity contribution >= 4 is 17.2 Å². The van der Waals surface area contributed by atoms with Crippen LogP contribution in [-0.4, -0.2) is 22.5 Å². The zero-order valence-corrected chi connectivity index (χ0v) is 15.8. The van der Waals surface area contributed by atoms with Crippen LogP contribution in [0, 0.1) is 18.8 Å². The van der Waals surface area contributed by atoms with Gasteiger partial charge >= 0.3 is 0 Å². The minimum Gasteiger partial charge on any atom is -0.508 e. The number of benzene rings is 2. The number of carbonyl (C=O) groups is 1. The molecule has 0 fully saturated rings. The number of thiazole rings is 1. The van der Waals surface area contributed by atoms with E-state index >= 15 is 0 Å². The Labute approximate surface area is 162 Å². The zero-order chi connectivity index (χ0) is 19.1. The Kier molecular flexibility index (Phi) is 6.24. The number of rotatable bonds is 5. The molecule has 0 atom stereocenters. The molecule has 0 aliphatic carbocycles. The number of aromatic nitrogens is 1. The third-order valence-electron chi connectivity index (χ3n) is 3.95. The second-order valence-electron chi connectivity index (χ2n) is 6.08. The van der Waals surface area contributed by atoms with Crippen molar-refractivity contribution in [2.75, 3.05) is 6.54 Å². The molecule has 0 radical (unpaired) electrons. The maximum absolute atomic E-state index is 12.4. The molecule has 27 heavy (non-hydrogen) atoms. The van der Waals surface area contributed by atoms with E-state index in [-0.39, 0.29) is 11.7 Å². The predicted octanol–water partition coefficient (Wildman–Crippen LogP) is 3.92. The number of hydrogen-bond acceptors (Lipinski definition) is 4. The van der Waals surface area contributed by atoms with Gasteiger partial charge in [0.25, 0.3) is 5.91 Å². The summed E-state index contributed by atoms with van der Waals surface area (Å²) in [6.45, 7) is 2.45. The second-order valence-corrected chi connectivity index (χ2v) is 7.07. The lowest BCUT2D eigenvalue weighted by Crippen LogP contribution is -2.24. The third-order valence-corrected chi connectivity index (χ3v) is 5.03. The largest absolute Gasteiger partial charge is 0.508 e. The number of amides is 1. The lowest BCUT2D eigenvalue weighted by molar-refractivity contribution is 0.0956. The molecule has 1 amide bonds. The normalized spacial score (nSPS) is 10.1.